The number of hydrazine groups is 2. The fraction of sp³-hybridized carbons (Fsp3) is 0.308. The summed E-state index contributed by atoms with van der Waals surface area (Å²) in [4.78, 5) is 2.12. The molecule has 0 radical (unpaired) electrons. The van der Waals surface area contributed by atoms with E-state index in [1.807, 2.05) is 0 Å². The summed E-state index contributed by atoms with van der Waals surface area (Å²) in [6.45, 7) is 4.70. The molecule has 0 atom stereocenters. The molecule has 0 amide bonds. The van der Waals surface area contributed by atoms with E-state index in [0.29, 0.717) is 0 Å². The van der Waals surface area contributed by atoms with Gasteiger partial charge in [0.1, 0.15) is 0 Å². The Balaban J connectivity index is 0.000000623. The van der Waals surface area contributed by atoms with Gasteiger partial charge in [-0.1, -0.05) is 56.3 Å². The molecule has 2 aromatic carbocycles. The lowest BCUT2D eigenvalue weighted by Gasteiger charge is -2.32. The topological polar surface area (TPSA) is 111 Å². The molecule has 0 fully saturated rings. The molecular formula is C26H33ClN4O4. The molecule has 8 nitrogen and oxygen atoms in total. The van der Waals surface area contributed by atoms with Crippen LogP contribution < -0.4 is 29.3 Å². The van der Waals surface area contributed by atoms with E-state index in [0.717, 1.165) is 18.5 Å². The van der Waals surface area contributed by atoms with Gasteiger partial charge in [-0.05, 0) is 59.2 Å². The second-order valence-corrected chi connectivity index (χ2v) is 10.4. The lowest BCUT2D eigenvalue weighted by molar-refractivity contribution is -1.92. The Kier molecular flexibility index (Phi) is 8.15. The highest BCUT2D eigenvalue weighted by Gasteiger charge is 2.27. The van der Waals surface area contributed by atoms with E-state index in [-0.39, 0.29) is 5.41 Å². The summed E-state index contributed by atoms with van der Waals surface area (Å²) in [7, 11) is 1.53. The van der Waals surface area contributed by atoms with Crippen LogP contribution in [0, 0.1) is 15.7 Å². The number of anilines is 3. The average molecular weight is 501 g/mol. The lowest BCUT2D eigenvalue weighted by Crippen LogP contribution is -2.58. The smallest absolute Gasteiger partial charge is 0.0839 e. The first kappa shape index (κ1) is 26.6. The molecule has 0 aromatic heterocycles. The first-order valence-electron chi connectivity index (χ1n) is 11.2. The standard InChI is InChI=1S/C26H32N4.ClHO4/c1-26(2)17-21(11-10-20-12-14-23(15-13-20)28(3)4)16-22(18-26)19-30-27-24-8-6-7-9-25(24)29(30)5;2-1(3,4)5/h6-16,19,27H,17-18H2,1-5H3;(H,2,3,4,5). The highest BCUT2D eigenvalue weighted by atomic mass is 35.7. The van der Waals surface area contributed by atoms with Crippen LogP contribution >= 0.6 is 0 Å². The van der Waals surface area contributed by atoms with Crippen LogP contribution in [-0.2, 0) is 0 Å². The van der Waals surface area contributed by atoms with E-state index < -0.39 is 10.2 Å². The zero-order chi connectivity index (χ0) is 25.8. The first-order chi connectivity index (χ1) is 16.3. The second kappa shape index (κ2) is 10.7. The molecule has 9 heteroatoms. The minimum absolute atomic E-state index is 0.236. The molecular weight excluding hydrogens is 468 g/mol. The number of nitrogens with zero attached hydrogens (tertiary/aromatic N) is 3. The van der Waals surface area contributed by atoms with Crippen LogP contribution in [0.15, 0.2) is 78.0 Å². The minimum atomic E-state index is -4.69. The number of nitrogens with one attached hydrogen (secondary N) is 1. The Morgan fingerprint density at radius 2 is 1.63 bits per heavy atom. The zero-order valence-electron chi connectivity index (χ0n) is 20.7. The molecule has 0 saturated heterocycles. The van der Waals surface area contributed by atoms with Crippen molar-refractivity contribution in [2.24, 2.45) is 5.41 Å². The number of benzene rings is 2. The fourth-order valence-electron chi connectivity index (χ4n) is 4.23. The maximum absolute atomic E-state index is 8.60. The third-order valence-electron chi connectivity index (χ3n) is 5.73. The molecule has 2 aromatic rings. The van der Waals surface area contributed by atoms with Gasteiger partial charge in [-0.3, -0.25) is 10.4 Å². The van der Waals surface area contributed by atoms with E-state index in [4.69, 9.17) is 18.6 Å². The first-order valence-corrected chi connectivity index (χ1v) is 12.5. The van der Waals surface area contributed by atoms with E-state index in [1.165, 1.54) is 28.1 Å². The predicted molar refractivity (Wildman–Crippen MR) is 132 cm³/mol. The summed E-state index contributed by atoms with van der Waals surface area (Å²) < 4.78 is 32.7. The van der Waals surface area contributed by atoms with Gasteiger partial charge in [0.05, 0.1) is 26.3 Å². The van der Waals surface area contributed by atoms with Gasteiger partial charge in [0.25, 0.3) is 0 Å². The van der Waals surface area contributed by atoms with E-state index in [2.05, 4.69) is 128 Å². The van der Waals surface area contributed by atoms with Crippen molar-refractivity contribution in [1.29, 1.82) is 0 Å². The van der Waals surface area contributed by atoms with E-state index in [1.54, 1.807) is 0 Å². The maximum Gasteiger partial charge on any atom is 0.0839 e. The monoisotopic (exact) mass is 500 g/mol. The van der Waals surface area contributed by atoms with Crippen molar-refractivity contribution in [3.63, 3.8) is 0 Å². The summed E-state index contributed by atoms with van der Waals surface area (Å²) in [6.07, 6.45) is 11.2. The molecule has 4 rings (SSSR count). The van der Waals surface area contributed by atoms with E-state index in [9.17, 15) is 0 Å². The molecule has 35 heavy (non-hydrogen) atoms. The number of hydrogen-bond donors (Lipinski definition) is 2. The average Bonchev–Trinajstić information content (AvgIpc) is 3.06. The Bertz CT molecular complexity index is 1100. The largest absolute Gasteiger partial charge is 0.378 e. The van der Waals surface area contributed by atoms with Crippen LogP contribution in [0.4, 0.5) is 17.1 Å². The molecule has 0 bridgehead atoms. The van der Waals surface area contributed by atoms with Crippen molar-refractivity contribution in [1.82, 2.24) is 5.12 Å². The zero-order valence-corrected chi connectivity index (χ0v) is 21.5. The van der Waals surface area contributed by atoms with Crippen molar-refractivity contribution < 1.29 is 28.9 Å². The molecule has 2 N–H and O–H groups in total. The Morgan fingerprint density at radius 3 is 2.23 bits per heavy atom. The van der Waals surface area contributed by atoms with Crippen LogP contribution in [0.2, 0.25) is 0 Å². The predicted octanol–water partition coefficient (Wildman–Crippen LogP) is 1.97. The fourth-order valence-corrected chi connectivity index (χ4v) is 4.23. The molecule has 1 aliphatic carbocycles. The third-order valence-corrected chi connectivity index (χ3v) is 5.73. The maximum atomic E-state index is 8.60. The van der Waals surface area contributed by atoms with Crippen LogP contribution in [0.25, 0.3) is 6.08 Å². The number of rotatable bonds is 4. The summed E-state index contributed by atoms with van der Waals surface area (Å²) in [6, 6.07) is 17.1. The number of fused-ring (bicyclic) bond motifs is 1. The van der Waals surface area contributed by atoms with Crippen LogP contribution in [0.1, 0.15) is 32.3 Å². The Hall–Kier alpha value is -3.01. The van der Waals surface area contributed by atoms with Crippen molar-refractivity contribution in [2.45, 2.75) is 26.7 Å². The minimum Gasteiger partial charge on any atom is -0.378 e. The van der Waals surface area contributed by atoms with Gasteiger partial charge in [-0.15, -0.1) is 0 Å². The molecule has 0 saturated carbocycles. The van der Waals surface area contributed by atoms with Crippen LogP contribution in [0.5, 0.6) is 0 Å². The number of para-hydroxylation sites is 2. The van der Waals surface area contributed by atoms with Gasteiger partial charge in [-0.25, -0.2) is 5.12 Å². The summed E-state index contributed by atoms with van der Waals surface area (Å²) in [5, 5.41) is 4.23. The number of halogens is 1. The third kappa shape index (κ3) is 8.02. The number of hydrogen-bond acceptors (Lipinski definition) is 8. The van der Waals surface area contributed by atoms with E-state index >= 15 is 0 Å². The Morgan fingerprint density at radius 1 is 1.00 bits per heavy atom. The Labute approximate surface area is 209 Å². The number of allylic oxidation sites excluding steroid dienone is 4. The van der Waals surface area contributed by atoms with Gasteiger partial charge in [0, 0.05) is 33.0 Å². The summed E-state index contributed by atoms with van der Waals surface area (Å²) in [5.74, 6) is 0. The highest BCUT2D eigenvalue weighted by Crippen LogP contribution is 2.40. The molecule has 188 valence electrons. The van der Waals surface area contributed by atoms with Crippen LogP contribution in [-0.4, -0.2) is 30.9 Å². The van der Waals surface area contributed by atoms with Crippen molar-refractivity contribution >= 4 is 23.1 Å². The molecule has 0 unspecified atom stereocenters. The van der Waals surface area contributed by atoms with Gasteiger partial charge in [-0.2, -0.15) is 14.0 Å². The van der Waals surface area contributed by atoms with Crippen molar-refractivity contribution in [3.8, 4) is 0 Å². The summed E-state index contributed by atoms with van der Waals surface area (Å²) >= 11 is 0. The van der Waals surface area contributed by atoms with Gasteiger partial charge >= 0.3 is 0 Å². The van der Waals surface area contributed by atoms with Gasteiger partial charge in [0.2, 0.25) is 0 Å². The SMILES string of the molecule is CN(C)c1ccc(C=CC2=CC(=CN3Nc4ccccc4N3C)CC(C)(C)C2)cc1.[O-][Cl+3]([O-])([O-])O. The summed E-state index contributed by atoms with van der Waals surface area (Å²) in [5.41, 5.74) is 11.2. The van der Waals surface area contributed by atoms with Gasteiger partial charge < -0.3 is 4.90 Å². The van der Waals surface area contributed by atoms with Crippen molar-refractivity contribution in [3.05, 3.63) is 83.6 Å². The quantitative estimate of drug-likeness (QED) is 0.655. The molecule has 1 aliphatic heterocycles. The van der Waals surface area contributed by atoms with Crippen molar-refractivity contribution in [2.75, 3.05) is 36.5 Å². The molecule has 2 aliphatic rings. The lowest BCUT2D eigenvalue weighted by atomic mass is 9.75. The highest BCUT2D eigenvalue weighted by molar-refractivity contribution is 5.72. The molecule has 1 heterocycles. The van der Waals surface area contributed by atoms with Gasteiger partial charge in [0.15, 0.2) is 0 Å². The second-order valence-electron chi connectivity index (χ2n) is 9.65. The molecule has 0 spiro atoms. The van der Waals surface area contributed by atoms with Crippen LogP contribution in [0.3, 0.4) is 0 Å². The normalized spacial score (nSPS) is 18.1.